The topological polar surface area (TPSA) is 39.9 Å². The molecule has 136 valence electrons. The van der Waals surface area contributed by atoms with Crippen molar-refractivity contribution in [2.24, 2.45) is 0 Å². The van der Waals surface area contributed by atoms with Crippen molar-refractivity contribution >= 4 is 35.0 Å². The number of hydrogen-bond acceptors (Lipinski definition) is 4. The molecule has 0 spiro atoms. The Kier molecular flexibility index (Phi) is 6.12. The van der Waals surface area contributed by atoms with Gasteiger partial charge in [0, 0.05) is 32.7 Å². The molecule has 0 atom stereocenters. The molecule has 1 aromatic carbocycles. The molecule has 3 rings (SSSR count). The molecule has 3 aromatic rings. The van der Waals surface area contributed by atoms with Gasteiger partial charge in [-0.2, -0.15) is 5.10 Å². The third-order valence-electron chi connectivity index (χ3n) is 3.72. The average Bonchev–Trinajstić information content (AvgIpc) is 2.89. The molecule has 7 heteroatoms. The van der Waals surface area contributed by atoms with Crippen LogP contribution in [0.3, 0.4) is 0 Å². The van der Waals surface area contributed by atoms with Crippen LogP contribution in [0.5, 0.6) is 5.75 Å². The van der Waals surface area contributed by atoms with Gasteiger partial charge in [0.2, 0.25) is 0 Å². The van der Waals surface area contributed by atoms with Crippen molar-refractivity contribution in [3.63, 3.8) is 0 Å². The van der Waals surface area contributed by atoms with Crippen LogP contribution in [0.25, 0.3) is 0 Å². The van der Waals surface area contributed by atoms with Crippen molar-refractivity contribution in [3.05, 3.63) is 64.0 Å². The number of ether oxygens (including phenoxy) is 1. The zero-order valence-electron chi connectivity index (χ0n) is 14.7. The van der Waals surface area contributed by atoms with Crippen LogP contribution in [0.15, 0.2) is 52.6 Å². The number of aromatic nitrogens is 3. The second kappa shape index (κ2) is 8.33. The second-order valence-electron chi connectivity index (χ2n) is 6.09. The molecule has 0 aliphatic rings. The highest BCUT2D eigenvalue weighted by Crippen LogP contribution is 2.36. The number of benzene rings is 1. The Bertz CT molecular complexity index is 877. The molecular formula is C19H19Cl2N3OS. The molecule has 2 heterocycles. The number of hydrogen-bond donors (Lipinski definition) is 0. The van der Waals surface area contributed by atoms with E-state index in [-0.39, 0.29) is 6.04 Å². The summed E-state index contributed by atoms with van der Waals surface area (Å²) >= 11 is 13.9. The van der Waals surface area contributed by atoms with E-state index in [0.717, 1.165) is 26.9 Å². The molecule has 0 saturated heterocycles. The van der Waals surface area contributed by atoms with Crippen LogP contribution >= 0.6 is 35.0 Å². The van der Waals surface area contributed by atoms with E-state index in [9.17, 15) is 0 Å². The van der Waals surface area contributed by atoms with Gasteiger partial charge in [0.1, 0.15) is 17.4 Å². The van der Waals surface area contributed by atoms with Crippen LogP contribution in [0.4, 0.5) is 0 Å². The minimum Gasteiger partial charge on any atom is -0.487 e. The largest absolute Gasteiger partial charge is 0.487 e. The summed E-state index contributed by atoms with van der Waals surface area (Å²) in [7, 11) is 0. The number of aryl methyl sites for hydroxylation is 1. The average molecular weight is 408 g/mol. The van der Waals surface area contributed by atoms with Crippen molar-refractivity contribution in [1.82, 2.24) is 14.8 Å². The Balaban J connectivity index is 1.93. The maximum absolute atomic E-state index is 6.15. The predicted octanol–water partition coefficient (Wildman–Crippen LogP) is 6.20. The van der Waals surface area contributed by atoms with E-state index in [2.05, 4.69) is 18.8 Å². The predicted molar refractivity (Wildman–Crippen MR) is 107 cm³/mol. The molecule has 0 aliphatic carbocycles. The molecule has 0 amide bonds. The van der Waals surface area contributed by atoms with Gasteiger partial charge in [0.05, 0.1) is 11.9 Å². The minimum absolute atomic E-state index is 0.220. The van der Waals surface area contributed by atoms with E-state index in [0.29, 0.717) is 16.7 Å². The molecule has 0 bridgehead atoms. The SMILES string of the molecule is Cc1nn(C(C)C)c(Sc2cc(Cl)cc(Cl)c2)c1COc1cccnc1. The summed E-state index contributed by atoms with van der Waals surface area (Å²) in [6.07, 6.45) is 3.42. The Morgan fingerprint density at radius 1 is 1.19 bits per heavy atom. The van der Waals surface area contributed by atoms with Crippen molar-refractivity contribution in [3.8, 4) is 5.75 Å². The summed E-state index contributed by atoms with van der Waals surface area (Å²) in [6.45, 7) is 6.62. The van der Waals surface area contributed by atoms with Crippen LogP contribution in [0, 0.1) is 6.92 Å². The highest BCUT2D eigenvalue weighted by Gasteiger charge is 2.19. The Hall–Kier alpha value is -1.69. The molecule has 0 saturated carbocycles. The monoisotopic (exact) mass is 407 g/mol. The van der Waals surface area contributed by atoms with Gasteiger partial charge >= 0.3 is 0 Å². The minimum atomic E-state index is 0.220. The lowest BCUT2D eigenvalue weighted by atomic mass is 10.3. The number of pyridine rings is 1. The van der Waals surface area contributed by atoms with Gasteiger partial charge in [-0.15, -0.1) is 0 Å². The van der Waals surface area contributed by atoms with Crippen molar-refractivity contribution < 1.29 is 4.74 Å². The maximum atomic E-state index is 6.15. The van der Waals surface area contributed by atoms with Crippen LogP contribution in [-0.2, 0) is 6.61 Å². The third kappa shape index (κ3) is 4.53. The first-order valence-corrected chi connectivity index (χ1v) is 9.76. The normalized spacial score (nSPS) is 11.2. The summed E-state index contributed by atoms with van der Waals surface area (Å²) in [5, 5.41) is 6.95. The fraction of sp³-hybridized carbons (Fsp3) is 0.263. The zero-order valence-corrected chi connectivity index (χ0v) is 17.1. The fourth-order valence-corrected chi connectivity index (χ4v) is 4.40. The fourth-order valence-electron chi connectivity index (χ4n) is 2.47. The molecular weight excluding hydrogens is 389 g/mol. The van der Waals surface area contributed by atoms with Crippen molar-refractivity contribution in [1.29, 1.82) is 0 Å². The highest BCUT2D eigenvalue weighted by molar-refractivity contribution is 7.99. The van der Waals surface area contributed by atoms with Gasteiger partial charge in [-0.1, -0.05) is 35.0 Å². The second-order valence-corrected chi connectivity index (χ2v) is 8.03. The van der Waals surface area contributed by atoms with Gasteiger partial charge in [-0.05, 0) is 51.1 Å². The van der Waals surface area contributed by atoms with Gasteiger partial charge in [0.15, 0.2) is 0 Å². The Morgan fingerprint density at radius 2 is 1.92 bits per heavy atom. The summed E-state index contributed by atoms with van der Waals surface area (Å²) in [4.78, 5) is 5.05. The molecule has 0 fully saturated rings. The van der Waals surface area contributed by atoms with Gasteiger partial charge in [-0.3, -0.25) is 9.67 Å². The summed E-state index contributed by atoms with van der Waals surface area (Å²) in [6, 6.07) is 9.48. The molecule has 0 N–H and O–H groups in total. The molecule has 4 nitrogen and oxygen atoms in total. The molecule has 0 unspecified atom stereocenters. The van der Waals surface area contributed by atoms with Gasteiger partial charge in [-0.25, -0.2) is 0 Å². The smallest absolute Gasteiger partial charge is 0.138 e. The van der Waals surface area contributed by atoms with Crippen molar-refractivity contribution in [2.75, 3.05) is 0 Å². The zero-order chi connectivity index (χ0) is 18.7. The van der Waals surface area contributed by atoms with E-state index in [1.54, 1.807) is 30.2 Å². The van der Waals surface area contributed by atoms with Crippen LogP contribution < -0.4 is 4.74 Å². The van der Waals surface area contributed by atoms with E-state index in [1.807, 2.05) is 35.9 Å². The van der Waals surface area contributed by atoms with E-state index < -0.39 is 0 Å². The number of rotatable bonds is 6. The molecule has 0 radical (unpaired) electrons. The third-order valence-corrected chi connectivity index (χ3v) is 5.25. The quantitative estimate of drug-likeness (QED) is 0.487. The maximum Gasteiger partial charge on any atom is 0.138 e. The van der Waals surface area contributed by atoms with Gasteiger partial charge in [0.25, 0.3) is 0 Å². The standard InChI is InChI=1S/C19H19Cl2N3OS/c1-12(2)24-19(26-17-8-14(20)7-15(21)9-17)18(13(3)23-24)11-25-16-5-4-6-22-10-16/h4-10,12H,11H2,1-3H3. The van der Waals surface area contributed by atoms with Crippen LogP contribution in [0.1, 0.15) is 31.1 Å². The summed E-state index contributed by atoms with van der Waals surface area (Å²) in [5.74, 6) is 0.728. The first-order valence-electron chi connectivity index (χ1n) is 8.19. The lowest BCUT2D eigenvalue weighted by molar-refractivity contribution is 0.300. The highest BCUT2D eigenvalue weighted by atomic mass is 35.5. The first-order chi connectivity index (χ1) is 12.4. The summed E-state index contributed by atoms with van der Waals surface area (Å²) in [5.41, 5.74) is 1.99. The molecule has 2 aromatic heterocycles. The first kappa shape index (κ1) is 19.1. The Morgan fingerprint density at radius 3 is 2.54 bits per heavy atom. The molecule has 0 aliphatic heterocycles. The van der Waals surface area contributed by atoms with Crippen LogP contribution in [-0.4, -0.2) is 14.8 Å². The van der Waals surface area contributed by atoms with E-state index in [4.69, 9.17) is 33.0 Å². The van der Waals surface area contributed by atoms with E-state index >= 15 is 0 Å². The Labute approximate surface area is 167 Å². The van der Waals surface area contributed by atoms with Gasteiger partial charge < -0.3 is 4.74 Å². The van der Waals surface area contributed by atoms with Crippen LogP contribution in [0.2, 0.25) is 10.0 Å². The lowest BCUT2D eigenvalue weighted by Crippen LogP contribution is -2.05. The number of halogens is 2. The van der Waals surface area contributed by atoms with E-state index in [1.165, 1.54) is 0 Å². The lowest BCUT2D eigenvalue weighted by Gasteiger charge is -2.13. The number of nitrogens with zero attached hydrogens (tertiary/aromatic N) is 3. The molecule has 26 heavy (non-hydrogen) atoms. The van der Waals surface area contributed by atoms with Crippen molar-refractivity contribution in [2.45, 2.75) is 43.3 Å². The summed E-state index contributed by atoms with van der Waals surface area (Å²) < 4.78 is 7.92.